The Bertz CT molecular complexity index is 1140. The second-order valence-corrected chi connectivity index (χ2v) is 10.4. The Hall–Kier alpha value is -3.52. The van der Waals surface area contributed by atoms with Crippen LogP contribution in [-0.2, 0) is 32.1 Å². The number of allylic oxidation sites excluding steroid dienone is 2. The smallest absolute Gasteiger partial charge is 0.309 e. The van der Waals surface area contributed by atoms with Crippen LogP contribution in [0.3, 0.4) is 0 Å². The third kappa shape index (κ3) is 7.99. The van der Waals surface area contributed by atoms with Crippen LogP contribution >= 0.6 is 0 Å². The fourth-order valence-corrected chi connectivity index (χ4v) is 5.35. The van der Waals surface area contributed by atoms with Gasteiger partial charge in [-0.3, -0.25) is 14.4 Å². The number of carbonyl (C=O) groups excluding carboxylic acids is 3. The van der Waals surface area contributed by atoms with E-state index in [4.69, 9.17) is 4.74 Å². The monoisotopic (exact) mass is 536 g/mol. The third-order valence-electron chi connectivity index (χ3n) is 7.52. The summed E-state index contributed by atoms with van der Waals surface area (Å²) in [4.78, 5) is 43.3. The molecule has 2 heterocycles. The van der Waals surface area contributed by atoms with Gasteiger partial charge in [-0.2, -0.15) is 0 Å². The molecule has 2 aromatic rings. The molecular formula is C31H37FN2O5. The van der Waals surface area contributed by atoms with E-state index < -0.39 is 11.8 Å². The maximum atomic E-state index is 13.6. The molecule has 2 aromatic carbocycles. The van der Waals surface area contributed by atoms with Crippen molar-refractivity contribution in [2.75, 3.05) is 26.3 Å². The van der Waals surface area contributed by atoms with E-state index >= 15 is 0 Å². The van der Waals surface area contributed by atoms with Gasteiger partial charge in [-0.05, 0) is 55.4 Å². The van der Waals surface area contributed by atoms with E-state index in [2.05, 4.69) is 0 Å². The van der Waals surface area contributed by atoms with Crippen LogP contribution in [0.5, 0.6) is 0 Å². The largest absolute Gasteiger partial charge is 0.463 e. The van der Waals surface area contributed by atoms with E-state index in [0.29, 0.717) is 32.4 Å². The summed E-state index contributed by atoms with van der Waals surface area (Å²) < 4.78 is 19.0. The minimum absolute atomic E-state index is 0.0397. The molecule has 4 rings (SSSR count). The van der Waals surface area contributed by atoms with E-state index in [-0.39, 0.29) is 55.8 Å². The molecular weight excluding hydrogens is 499 g/mol. The Kier molecular flexibility index (Phi) is 10.3. The van der Waals surface area contributed by atoms with Gasteiger partial charge in [-0.1, -0.05) is 54.6 Å². The number of aliphatic hydroxyl groups excluding tert-OH is 1. The average Bonchev–Trinajstić information content (AvgIpc) is 3.41. The molecule has 1 N–H and O–H groups in total. The number of hydrogen-bond donors (Lipinski definition) is 1. The van der Waals surface area contributed by atoms with Crippen LogP contribution in [0.15, 0.2) is 66.7 Å². The first-order chi connectivity index (χ1) is 18.9. The Morgan fingerprint density at radius 2 is 1.72 bits per heavy atom. The van der Waals surface area contributed by atoms with Gasteiger partial charge in [0, 0.05) is 26.1 Å². The lowest BCUT2D eigenvalue weighted by molar-refractivity contribution is -0.152. The molecule has 8 heteroatoms. The first-order valence-corrected chi connectivity index (χ1v) is 13.7. The number of halogens is 1. The molecule has 1 fully saturated rings. The molecule has 208 valence electrons. The van der Waals surface area contributed by atoms with Gasteiger partial charge in [0.2, 0.25) is 11.8 Å². The number of ether oxygens (including phenoxy) is 1. The van der Waals surface area contributed by atoms with E-state index in [0.717, 1.165) is 24.0 Å². The van der Waals surface area contributed by atoms with Crippen LogP contribution in [0.4, 0.5) is 4.39 Å². The second-order valence-electron chi connectivity index (χ2n) is 10.4. The Morgan fingerprint density at radius 1 is 1.00 bits per heavy atom. The van der Waals surface area contributed by atoms with Crippen molar-refractivity contribution >= 4 is 17.8 Å². The Balaban J connectivity index is 1.50. The van der Waals surface area contributed by atoms with Gasteiger partial charge < -0.3 is 19.6 Å². The van der Waals surface area contributed by atoms with Gasteiger partial charge in [-0.15, -0.1) is 0 Å². The Morgan fingerprint density at radius 3 is 2.44 bits per heavy atom. The fraction of sp³-hybridized carbons (Fsp3) is 0.452. The van der Waals surface area contributed by atoms with Gasteiger partial charge in [0.25, 0.3) is 0 Å². The van der Waals surface area contributed by atoms with Crippen molar-refractivity contribution in [1.82, 2.24) is 9.80 Å². The molecule has 3 atom stereocenters. The summed E-state index contributed by atoms with van der Waals surface area (Å²) in [6.45, 7) is 1.09. The molecule has 2 aliphatic heterocycles. The van der Waals surface area contributed by atoms with Crippen LogP contribution in [0.25, 0.3) is 0 Å². The minimum Gasteiger partial charge on any atom is -0.463 e. The maximum absolute atomic E-state index is 13.6. The molecule has 0 radical (unpaired) electrons. The number of fused-ring (bicyclic) bond motifs is 1. The van der Waals surface area contributed by atoms with Gasteiger partial charge in [0.15, 0.2) is 0 Å². The van der Waals surface area contributed by atoms with Crippen LogP contribution in [0, 0.1) is 17.7 Å². The zero-order valence-corrected chi connectivity index (χ0v) is 22.2. The first-order valence-electron chi connectivity index (χ1n) is 13.7. The van der Waals surface area contributed by atoms with Gasteiger partial charge in [0.05, 0.1) is 24.5 Å². The fourth-order valence-electron chi connectivity index (χ4n) is 5.35. The van der Waals surface area contributed by atoms with E-state index in [1.807, 2.05) is 42.5 Å². The number of aliphatic hydroxyl groups is 1. The first kappa shape index (κ1) is 28.5. The molecule has 2 aliphatic rings. The number of hydrogen-bond acceptors (Lipinski definition) is 5. The molecule has 1 saturated heterocycles. The topological polar surface area (TPSA) is 87.2 Å². The molecule has 0 bridgehead atoms. The predicted molar refractivity (Wildman–Crippen MR) is 145 cm³/mol. The highest BCUT2D eigenvalue weighted by molar-refractivity contribution is 5.86. The standard InChI is InChI=1S/C31H37FN2O5/c32-27-14-12-23(13-15-27)19-26-10-5-4-9-25(30(37)34-16-6-11-28(34)22-39-31(26)38)20-29(36)33(17-18-35)21-24-7-2-1-3-8-24/h1-5,7-8,12-15,25-26,28,35H,6,9-11,16-22H2/b5-4+/t25-,26+,28+/m1/s1. The lowest BCUT2D eigenvalue weighted by atomic mass is 9.94. The normalized spacial score (nSPS) is 22.8. The third-order valence-corrected chi connectivity index (χ3v) is 7.52. The SMILES string of the molecule is O=C1OC[C@@H]2CCCN2C(=O)[C@@H](CC(=O)N(CCO)Cc2ccccc2)C/C=C/C[C@H]1Cc1ccc(F)cc1. The highest BCUT2D eigenvalue weighted by Gasteiger charge is 2.35. The maximum Gasteiger partial charge on any atom is 0.309 e. The number of cyclic esters (lactones) is 1. The summed E-state index contributed by atoms with van der Waals surface area (Å²) in [7, 11) is 0. The van der Waals surface area contributed by atoms with E-state index in [1.54, 1.807) is 21.9 Å². The van der Waals surface area contributed by atoms with Crippen molar-refractivity contribution in [2.45, 2.75) is 51.1 Å². The number of rotatable bonds is 8. The zero-order chi connectivity index (χ0) is 27.6. The van der Waals surface area contributed by atoms with Crippen molar-refractivity contribution in [2.24, 2.45) is 11.8 Å². The lowest BCUT2D eigenvalue weighted by Gasteiger charge is -2.30. The molecule has 0 spiro atoms. The summed E-state index contributed by atoms with van der Waals surface area (Å²) in [5.74, 6) is -1.90. The molecule has 2 amide bonds. The number of benzene rings is 2. The van der Waals surface area contributed by atoms with Crippen molar-refractivity contribution < 1.29 is 28.6 Å². The van der Waals surface area contributed by atoms with Crippen LogP contribution in [-0.4, -0.2) is 65.0 Å². The second kappa shape index (κ2) is 14.0. The van der Waals surface area contributed by atoms with Gasteiger partial charge in [0.1, 0.15) is 12.4 Å². The van der Waals surface area contributed by atoms with Crippen molar-refractivity contribution in [3.05, 3.63) is 83.7 Å². The van der Waals surface area contributed by atoms with Crippen molar-refractivity contribution in [3.8, 4) is 0 Å². The number of esters is 1. The molecule has 39 heavy (non-hydrogen) atoms. The average molecular weight is 537 g/mol. The van der Waals surface area contributed by atoms with Crippen molar-refractivity contribution in [3.63, 3.8) is 0 Å². The molecule has 0 unspecified atom stereocenters. The summed E-state index contributed by atoms with van der Waals surface area (Å²) >= 11 is 0. The lowest BCUT2D eigenvalue weighted by Crippen LogP contribution is -2.44. The summed E-state index contributed by atoms with van der Waals surface area (Å²) in [6, 6.07) is 15.5. The van der Waals surface area contributed by atoms with Crippen LogP contribution < -0.4 is 0 Å². The van der Waals surface area contributed by atoms with Crippen LogP contribution in [0.2, 0.25) is 0 Å². The summed E-state index contributed by atoms with van der Waals surface area (Å²) in [6.07, 6.45) is 6.57. The molecule has 0 aromatic heterocycles. The highest BCUT2D eigenvalue weighted by Crippen LogP contribution is 2.26. The number of carbonyl (C=O) groups is 3. The van der Waals surface area contributed by atoms with Gasteiger partial charge >= 0.3 is 5.97 Å². The van der Waals surface area contributed by atoms with E-state index in [9.17, 15) is 23.9 Å². The quantitative estimate of drug-likeness (QED) is 0.409. The highest BCUT2D eigenvalue weighted by atomic mass is 19.1. The minimum atomic E-state index is -0.544. The molecule has 0 aliphatic carbocycles. The van der Waals surface area contributed by atoms with E-state index in [1.165, 1.54) is 12.1 Å². The molecule has 7 nitrogen and oxygen atoms in total. The molecule has 0 saturated carbocycles. The number of amides is 2. The van der Waals surface area contributed by atoms with Gasteiger partial charge in [-0.25, -0.2) is 4.39 Å². The zero-order valence-electron chi connectivity index (χ0n) is 22.2. The Labute approximate surface area is 229 Å². The predicted octanol–water partition coefficient (Wildman–Crippen LogP) is 3.90. The van der Waals surface area contributed by atoms with Crippen LogP contribution in [0.1, 0.15) is 43.2 Å². The van der Waals surface area contributed by atoms with Crippen molar-refractivity contribution in [1.29, 1.82) is 0 Å². The number of nitrogens with zero attached hydrogens (tertiary/aromatic N) is 2. The summed E-state index contributed by atoms with van der Waals surface area (Å²) in [5, 5.41) is 9.58. The summed E-state index contributed by atoms with van der Waals surface area (Å²) in [5.41, 5.74) is 1.81.